The van der Waals surface area contributed by atoms with Crippen molar-refractivity contribution in [3.63, 3.8) is 0 Å². The number of hydrogen-bond donors (Lipinski definition) is 0. The number of rotatable bonds is 8. The quantitative estimate of drug-likeness (QED) is 0.517. The highest BCUT2D eigenvalue weighted by molar-refractivity contribution is 7.15. The van der Waals surface area contributed by atoms with Crippen molar-refractivity contribution < 1.29 is 9.53 Å². The Labute approximate surface area is 193 Å². The lowest BCUT2D eigenvalue weighted by atomic mass is 10.2. The molecule has 0 saturated carbocycles. The maximum Gasteiger partial charge on any atom is 0.236 e. The summed E-state index contributed by atoms with van der Waals surface area (Å²) in [5, 5.41) is 1.01. The highest BCUT2D eigenvalue weighted by Crippen LogP contribution is 2.26. The molecule has 1 aliphatic rings. The van der Waals surface area contributed by atoms with Crippen molar-refractivity contribution in [3.8, 4) is 10.6 Å². The Kier molecular flexibility index (Phi) is 7.63. The van der Waals surface area contributed by atoms with Crippen molar-refractivity contribution in [2.75, 3.05) is 26.2 Å². The number of amides is 1. The van der Waals surface area contributed by atoms with Crippen LogP contribution in [0.1, 0.15) is 24.3 Å². The summed E-state index contributed by atoms with van der Waals surface area (Å²) < 4.78 is 6.28. The number of thiazole rings is 1. The molecule has 0 spiro atoms. The molecule has 3 aromatic rings. The first-order chi connectivity index (χ1) is 15.6. The van der Waals surface area contributed by atoms with Crippen LogP contribution in [0.2, 0.25) is 0 Å². The van der Waals surface area contributed by atoms with Gasteiger partial charge >= 0.3 is 0 Å². The fourth-order valence-corrected chi connectivity index (χ4v) is 4.86. The molecule has 0 N–H and O–H groups in total. The van der Waals surface area contributed by atoms with Gasteiger partial charge in [0, 0.05) is 55.2 Å². The van der Waals surface area contributed by atoms with E-state index in [-0.39, 0.29) is 12.0 Å². The fourth-order valence-electron chi connectivity index (χ4n) is 3.90. The van der Waals surface area contributed by atoms with Gasteiger partial charge in [-0.05, 0) is 23.6 Å². The predicted molar refractivity (Wildman–Crippen MR) is 127 cm³/mol. The molecule has 3 heterocycles. The van der Waals surface area contributed by atoms with Gasteiger partial charge < -0.3 is 9.64 Å². The second-order valence-corrected chi connectivity index (χ2v) is 9.76. The Morgan fingerprint density at radius 1 is 1.12 bits per heavy atom. The number of benzene rings is 1. The topological polar surface area (TPSA) is 58.6 Å². The van der Waals surface area contributed by atoms with Crippen LogP contribution < -0.4 is 0 Å². The van der Waals surface area contributed by atoms with E-state index in [1.165, 1.54) is 0 Å². The summed E-state index contributed by atoms with van der Waals surface area (Å²) in [7, 11) is 0. The Morgan fingerprint density at radius 3 is 2.66 bits per heavy atom. The molecule has 6 nitrogen and oxygen atoms in total. The molecular weight excluding hydrogens is 420 g/mol. The summed E-state index contributed by atoms with van der Waals surface area (Å²) in [6, 6.07) is 14.1. The van der Waals surface area contributed by atoms with Gasteiger partial charge in [0.2, 0.25) is 5.91 Å². The summed E-state index contributed by atoms with van der Waals surface area (Å²) >= 11 is 1.69. The lowest BCUT2D eigenvalue weighted by molar-refractivity contribution is -0.132. The zero-order valence-electron chi connectivity index (χ0n) is 18.7. The second-order valence-electron chi connectivity index (χ2n) is 8.65. The van der Waals surface area contributed by atoms with Gasteiger partial charge in [-0.3, -0.25) is 14.7 Å². The van der Waals surface area contributed by atoms with Crippen LogP contribution in [0, 0.1) is 5.92 Å². The molecule has 1 unspecified atom stereocenters. The van der Waals surface area contributed by atoms with Crippen molar-refractivity contribution >= 4 is 17.2 Å². The molecular formula is C25H30N4O2S. The van der Waals surface area contributed by atoms with Crippen molar-refractivity contribution in [1.82, 2.24) is 19.8 Å². The number of hydrogen-bond acceptors (Lipinski definition) is 6. The molecule has 0 aliphatic carbocycles. The molecule has 168 valence electrons. The SMILES string of the molecule is CC(C)CN1CC(OCc2ccncc2)CN(Cc2cnc(-c3ccccc3)s2)CC1=O. The number of carbonyl (C=O) groups is 1. The first-order valence-corrected chi connectivity index (χ1v) is 11.9. The maximum absolute atomic E-state index is 13.0. The van der Waals surface area contributed by atoms with E-state index < -0.39 is 0 Å². The van der Waals surface area contributed by atoms with Crippen LogP contribution in [0.25, 0.3) is 10.6 Å². The second kappa shape index (κ2) is 10.8. The van der Waals surface area contributed by atoms with Crippen LogP contribution in [0.15, 0.2) is 61.1 Å². The Hall–Kier alpha value is -2.61. The summed E-state index contributed by atoms with van der Waals surface area (Å²) in [6.45, 7) is 7.99. The smallest absolute Gasteiger partial charge is 0.236 e. The van der Waals surface area contributed by atoms with E-state index >= 15 is 0 Å². The summed E-state index contributed by atoms with van der Waals surface area (Å²) in [5.74, 6) is 0.586. The van der Waals surface area contributed by atoms with Crippen LogP contribution >= 0.6 is 11.3 Å². The Balaban J connectivity index is 1.45. The first kappa shape index (κ1) is 22.6. The molecule has 7 heteroatoms. The van der Waals surface area contributed by atoms with Crippen LogP contribution in [0.3, 0.4) is 0 Å². The largest absolute Gasteiger partial charge is 0.370 e. The average molecular weight is 451 g/mol. The number of carbonyl (C=O) groups excluding carboxylic acids is 1. The highest BCUT2D eigenvalue weighted by atomic mass is 32.1. The van der Waals surface area contributed by atoms with Crippen LogP contribution in [0.5, 0.6) is 0 Å². The van der Waals surface area contributed by atoms with Crippen molar-refractivity contribution in [3.05, 3.63) is 71.5 Å². The zero-order chi connectivity index (χ0) is 22.3. The van der Waals surface area contributed by atoms with Gasteiger partial charge in [-0.1, -0.05) is 44.2 Å². The monoisotopic (exact) mass is 450 g/mol. The molecule has 2 aromatic heterocycles. The van der Waals surface area contributed by atoms with Gasteiger partial charge in [0.05, 0.1) is 19.3 Å². The number of nitrogens with zero attached hydrogens (tertiary/aromatic N) is 4. The van der Waals surface area contributed by atoms with Crippen LogP contribution in [-0.2, 0) is 22.7 Å². The molecule has 0 radical (unpaired) electrons. The normalized spacial score (nSPS) is 17.7. The number of ether oxygens (including phenoxy) is 1. The average Bonchev–Trinajstić information content (AvgIpc) is 3.20. The molecule has 1 amide bonds. The van der Waals surface area contributed by atoms with E-state index in [1.54, 1.807) is 23.7 Å². The van der Waals surface area contributed by atoms with Gasteiger partial charge in [-0.15, -0.1) is 11.3 Å². The van der Waals surface area contributed by atoms with E-state index in [2.05, 4.69) is 40.8 Å². The molecule has 1 aromatic carbocycles. The summed E-state index contributed by atoms with van der Waals surface area (Å²) in [4.78, 5) is 27.0. The van der Waals surface area contributed by atoms with Crippen LogP contribution in [0.4, 0.5) is 0 Å². The molecule has 0 bridgehead atoms. The lowest BCUT2D eigenvalue weighted by Gasteiger charge is -2.26. The summed E-state index contributed by atoms with van der Waals surface area (Å²) in [6.07, 6.45) is 5.44. The van der Waals surface area contributed by atoms with E-state index in [0.717, 1.165) is 27.6 Å². The molecule has 4 rings (SSSR count). The molecule has 1 aliphatic heterocycles. The van der Waals surface area contributed by atoms with Crippen LogP contribution in [-0.4, -0.2) is 58.0 Å². The minimum atomic E-state index is -0.0464. The molecule has 1 atom stereocenters. The van der Waals surface area contributed by atoms with Gasteiger partial charge in [0.15, 0.2) is 0 Å². The third-order valence-electron chi connectivity index (χ3n) is 5.37. The highest BCUT2D eigenvalue weighted by Gasteiger charge is 2.29. The number of pyridine rings is 1. The predicted octanol–water partition coefficient (Wildman–Crippen LogP) is 4.09. The Morgan fingerprint density at radius 2 is 1.91 bits per heavy atom. The van der Waals surface area contributed by atoms with Crippen molar-refractivity contribution in [2.45, 2.75) is 33.1 Å². The zero-order valence-corrected chi connectivity index (χ0v) is 19.5. The van der Waals surface area contributed by atoms with E-state index in [1.807, 2.05) is 41.4 Å². The van der Waals surface area contributed by atoms with E-state index in [9.17, 15) is 4.79 Å². The van der Waals surface area contributed by atoms with E-state index in [0.29, 0.717) is 38.7 Å². The minimum absolute atomic E-state index is 0.0464. The first-order valence-electron chi connectivity index (χ1n) is 11.1. The number of aromatic nitrogens is 2. The summed E-state index contributed by atoms with van der Waals surface area (Å²) in [5.41, 5.74) is 2.21. The van der Waals surface area contributed by atoms with Crippen molar-refractivity contribution in [1.29, 1.82) is 0 Å². The third-order valence-corrected chi connectivity index (χ3v) is 6.40. The van der Waals surface area contributed by atoms with Gasteiger partial charge in [-0.2, -0.15) is 0 Å². The van der Waals surface area contributed by atoms with Crippen molar-refractivity contribution in [2.24, 2.45) is 5.92 Å². The third kappa shape index (κ3) is 6.22. The standard InChI is InChI=1S/C25H30N4O2S/c1-19(2)13-29-15-22(31-18-20-8-10-26-11-9-20)14-28(17-24(29)30)16-23-12-27-25(32-23)21-6-4-3-5-7-21/h3-12,19,22H,13-18H2,1-2H3. The van der Waals surface area contributed by atoms with Gasteiger partial charge in [0.1, 0.15) is 5.01 Å². The molecule has 32 heavy (non-hydrogen) atoms. The van der Waals surface area contributed by atoms with Gasteiger partial charge in [-0.25, -0.2) is 4.98 Å². The molecule has 1 fully saturated rings. The minimum Gasteiger partial charge on any atom is -0.370 e. The van der Waals surface area contributed by atoms with E-state index in [4.69, 9.17) is 4.74 Å². The molecule has 1 saturated heterocycles. The maximum atomic E-state index is 13.0. The lowest BCUT2D eigenvalue weighted by Crippen LogP contribution is -2.40. The Bertz CT molecular complexity index is 993. The fraction of sp³-hybridized carbons (Fsp3) is 0.400. The van der Waals surface area contributed by atoms with Gasteiger partial charge in [0.25, 0.3) is 0 Å².